The Hall–Kier alpha value is -1.17. The minimum Gasteiger partial charge on any atom is -0.258 e. The van der Waals surface area contributed by atoms with E-state index < -0.39 is 32.3 Å². The van der Waals surface area contributed by atoms with Crippen LogP contribution in [0.3, 0.4) is 0 Å². The molecule has 1 rings (SSSR count). The molecule has 6 heteroatoms. The highest BCUT2D eigenvalue weighted by Gasteiger charge is 2.23. The van der Waals surface area contributed by atoms with Crippen LogP contribution >= 0.6 is 10.0 Å². The average Bonchev–Trinajstić information content (AvgIpc) is 1.99. The van der Waals surface area contributed by atoms with Gasteiger partial charge in [0.05, 0.1) is 22.0 Å². The van der Waals surface area contributed by atoms with Crippen molar-refractivity contribution in [2.24, 2.45) is 0 Å². The first-order chi connectivity index (χ1) is 6.73. The fourth-order valence-electron chi connectivity index (χ4n) is 1.24. The Balaban J connectivity index is 3.41. The number of hydrogen-bond acceptors (Lipinski definition) is 2. The van der Waals surface area contributed by atoms with E-state index in [4.69, 9.17) is 0 Å². The number of nitro groups is 1. The van der Waals surface area contributed by atoms with Crippen LogP contribution in [0.4, 0.5) is 14.5 Å². The normalized spacial score (nSPS) is 12.6. The van der Waals surface area contributed by atoms with E-state index in [0.29, 0.717) is 0 Å². The zero-order chi connectivity index (χ0) is 11.8. The Kier molecular flexibility index (Phi) is 2.99. The van der Waals surface area contributed by atoms with E-state index in [-0.39, 0.29) is 4.90 Å². The lowest BCUT2D eigenvalue weighted by Gasteiger charge is -2.26. The minimum absolute atomic E-state index is 0.0481. The Bertz CT molecular complexity index is 392. The molecule has 0 fully saturated rings. The molecule has 0 saturated heterocycles. The van der Waals surface area contributed by atoms with Crippen molar-refractivity contribution in [3.63, 3.8) is 0 Å². The van der Waals surface area contributed by atoms with Crippen LogP contribution < -0.4 is 0 Å². The maximum Gasteiger partial charge on any atom is 0.275 e. The molecule has 0 radical (unpaired) electrons. The largest absolute Gasteiger partial charge is 0.275 e. The van der Waals surface area contributed by atoms with Crippen molar-refractivity contribution in [2.75, 3.05) is 18.8 Å². The third kappa shape index (κ3) is 2.44. The van der Waals surface area contributed by atoms with Gasteiger partial charge in [-0.25, -0.2) is 18.8 Å². The quantitative estimate of drug-likeness (QED) is 0.584. The van der Waals surface area contributed by atoms with E-state index >= 15 is 0 Å². The molecule has 0 bridgehead atoms. The van der Waals surface area contributed by atoms with Gasteiger partial charge in [-0.3, -0.25) is 10.1 Å². The van der Waals surface area contributed by atoms with Crippen LogP contribution in [0.25, 0.3) is 0 Å². The molecule has 0 atom stereocenters. The Morgan fingerprint density at radius 2 is 1.60 bits per heavy atom. The molecule has 0 heterocycles. The summed E-state index contributed by atoms with van der Waals surface area (Å²) in [6.07, 6.45) is 5.17. The second-order valence-corrected chi connectivity index (χ2v) is 7.92. The summed E-state index contributed by atoms with van der Waals surface area (Å²) < 4.78 is 26.9. The van der Waals surface area contributed by atoms with Gasteiger partial charge in [0.15, 0.2) is 0 Å². The van der Waals surface area contributed by atoms with Gasteiger partial charge in [-0.15, -0.1) is 0 Å². The second-order valence-electron chi connectivity index (χ2n) is 3.83. The molecule has 0 N–H and O–H groups in total. The summed E-state index contributed by atoms with van der Waals surface area (Å²) in [6, 6.07) is 1.52. The predicted octanol–water partition coefficient (Wildman–Crippen LogP) is 2.93. The van der Waals surface area contributed by atoms with Crippen LogP contribution in [0.5, 0.6) is 0 Å². The minimum atomic E-state index is -1.58. The van der Waals surface area contributed by atoms with E-state index in [1.807, 2.05) is 0 Å². The van der Waals surface area contributed by atoms with Crippen LogP contribution in [0.15, 0.2) is 17.0 Å². The van der Waals surface area contributed by atoms with Crippen LogP contribution in [0.2, 0.25) is 0 Å². The summed E-state index contributed by atoms with van der Waals surface area (Å²) in [5.41, 5.74) is -0.558. The molecule has 1 aromatic rings. The highest BCUT2D eigenvalue weighted by Crippen LogP contribution is 2.48. The predicted molar refractivity (Wildman–Crippen MR) is 56.6 cm³/mol. The molecule has 0 aliphatic rings. The van der Waals surface area contributed by atoms with Crippen molar-refractivity contribution in [1.29, 1.82) is 0 Å². The molecule has 0 unspecified atom stereocenters. The van der Waals surface area contributed by atoms with Crippen molar-refractivity contribution >= 4 is 15.7 Å². The van der Waals surface area contributed by atoms with Gasteiger partial charge in [-0.1, -0.05) is 0 Å². The van der Waals surface area contributed by atoms with Crippen LogP contribution in [-0.2, 0) is 0 Å². The van der Waals surface area contributed by atoms with Gasteiger partial charge in [-0.2, -0.15) is 0 Å². The van der Waals surface area contributed by atoms with Crippen molar-refractivity contribution in [3.05, 3.63) is 33.9 Å². The number of hydrogen-bond donors (Lipinski definition) is 0. The molecule has 15 heavy (non-hydrogen) atoms. The Labute approximate surface area is 87.6 Å². The molecular weight excluding hydrogens is 224 g/mol. The molecule has 0 spiro atoms. The van der Waals surface area contributed by atoms with E-state index in [0.717, 1.165) is 12.1 Å². The summed E-state index contributed by atoms with van der Waals surface area (Å²) >= 11 is 0. The summed E-state index contributed by atoms with van der Waals surface area (Å²) in [5.74, 6) is -1.69. The fraction of sp³-hybridized carbons (Fsp3) is 0.333. The van der Waals surface area contributed by atoms with Crippen molar-refractivity contribution < 1.29 is 13.7 Å². The summed E-state index contributed by atoms with van der Waals surface area (Å²) in [6.45, 7) is 0. The number of nitrogens with zero attached hydrogens (tertiary/aromatic N) is 1. The zero-order valence-electron chi connectivity index (χ0n) is 8.58. The molecule has 0 aliphatic heterocycles. The number of non-ortho nitro benzene ring substituents is 1. The number of benzene rings is 1. The fourth-order valence-corrected chi connectivity index (χ4v) is 2.52. The monoisotopic (exact) mass is 235 g/mol. The first-order valence-electron chi connectivity index (χ1n) is 4.05. The summed E-state index contributed by atoms with van der Waals surface area (Å²) in [5, 5.41) is 10.3. The molecule has 0 aliphatic carbocycles. The number of rotatable bonds is 2. The molecule has 0 aromatic heterocycles. The van der Waals surface area contributed by atoms with E-state index in [1.54, 1.807) is 18.8 Å². The van der Waals surface area contributed by atoms with Crippen LogP contribution in [-0.4, -0.2) is 23.7 Å². The molecule has 0 saturated carbocycles. The standard InChI is InChI=1S/C9H11F2NO2S/c1-15(2,3)9-7(10)4-6(12(13)14)5-8(9)11/h4-5H,1-3H3. The molecule has 1 aromatic carbocycles. The second kappa shape index (κ2) is 3.77. The summed E-state index contributed by atoms with van der Waals surface area (Å²) in [4.78, 5) is 9.49. The lowest BCUT2D eigenvalue weighted by atomic mass is 10.3. The van der Waals surface area contributed by atoms with E-state index in [9.17, 15) is 18.9 Å². The zero-order valence-corrected chi connectivity index (χ0v) is 9.40. The lowest BCUT2D eigenvalue weighted by molar-refractivity contribution is -0.385. The number of nitro benzene ring substituents is 1. The van der Waals surface area contributed by atoms with E-state index in [2.05, 4.69) is 0 Å². The van der Waals surface area contributed by atoms with Crippen molar-refractivity contribution in [2.45, 2.75) is 4.90 Å². The highest BCUT2D eigenvalue weighted by molar-refractivity contribution is 8.32. The van der Waals surface area contributed by atoms with Gasteiger partial charge in [0.25, 0.3) is 5.69 Å². The van der Waals surface area contributed by atoms with Gasteiger partial charge in [0.1, 0.15) is 11.6 Å². The Morgan fingerprint density at radius 1 is 1.20 bits per heavy atom. The maximum atomic E-state index is 13.4. The van der Waals surface area contributed by atoms with Crippen LogP contribution in [0.1, 0.15) is 0 Å². The number of halogens is 2. The molecule has 3 nitrogen and oxygen atoms in total. The average molecular weight is 235 g/mol. The topological polar surface area (TPSA) is 43.1 Å². The van der Waals surface area contributed by atoms with Crippen LogP contribution in [0, 0.1) is 21.7 Å². The lowest BCUT2D eigenvalue weighted by Crippen LogP contribution is -2.02. The SMILES string of the molecule is CS(C)(C)c1c(F)cc([N+](=O)[O-])cc1F. The first kappa shape index (κ1) is 11.9. The van der Waals surface area contributed by atoms with Gasteiger partial charge in [0.2, 0.25) is 0 Å². The molecule has 0 amide bonds. The Morgan fingerprint density at radius 3 is 1.87 bits per heavy atom. The van der Waals surface area contributed by atoms with Crippen molar-refractivity contribution in [3.8, 4) is 0 Å². The van der Waals surface area contributed by atoms with Crippen molar-refractivity contribution in [1.82, 2.24) is 0 Å². The molecular formula is C9H11F2NO2S. The van der Waals surface area contributed by atoms with Gasteiger partial charge in [-0.05, 0) is 18.8 Å². The maximum absolute atomic E-state index is 13.4. The third-order valence-corrected chi connectivity index (χ3v) is 3.42. The summed E-state index contributed by atoms with van der Waals surface area (Å²) in [7, 11) is -1.58. The highest BCUT2D eigenvalue weighted by atomic mass is 32.3. The van der Waals surface area contributed by atoms with E-state index in [1.165, 1.54) is 0 Å². The van der Waals surface area contributed by atoms with Gasteiger partial charge >= 0.3 is 0 Å². The van der Waals surface area contributed by atoms with Gasteiger partial charge in [0, 0.05) is 0 Å². The molecule has 84 valence electrons. The van der Waals surface area contributed by atoms with Gasteiger partial charge < -0.3 is 0 Å². The smallest absolute Gasteiger partial charge is 0.258 e. The first-order valence-corrected chi connectivity index (χ1v) is 6.91. The third-order valence-electron chi connectivity index (χ3n) is 1.81.